The summed E-state index contributed by atoms with van der Waals surface area (Å²) in [6.45, 7) is 0. The standard InChI is InChI=1S/C18H11Cl2F3N4S/c19-10-6-11-9(7-24-16(11)25-8-10)5-14-15(20)27-17(28-14)26-13-4-2-1-3-12(13)18(21,22)23/h1-4,6-8H,5H2,(H,24,25)(H,26,27). The van der Waals surface area contributed by atoms with Gasteiger partial charge in [-0.15, -0.1) is 0 Å². The Hall–Kier alpha value is -2.29. The highest BCUT2D eigenvalue weighted by atomic mass is 35.5. The van der Waals surface area contributed by atoms with Gasteiger partial charge in [-0.3, -0.25) is 0 Å². The number of rotatable bonds is 4. The molecule has 0 saturated carbocycles. The number of fused-ring (bicyclic) bond motifs is 1. The summed E-state index contributed by atoms with van der Waals surface area (Å²) in [4.78, 5) is 12.1. The van der Waals surface area contributed by atoms with Crippen molar-refractivity contribution >= 4 is 56.4 Å². The number of alkyl halides is 3. The minimum absolute atomic E-state index is 0.0740. The Bertz CT molecular complexity index is 1150. The van der Waals surface area contributed by atoms with Crippen molar-refractivity contribution in [1.29, 1.82) is 0 Å². The normalized spacial score (nSPS) is 11.9. The summed E-state index contributed by atoms with van der Waals surface area (Å²) in [5, 5.41) is 4.61. The number of nitrogens with zero attached hydrogens (tertiary/aromatic N) is 2. The Balaban J connectivity index is 1.62. The van der Waals surface area contributed by atoms with Crippen LogP contribution in [0.3, 0.4) is 0 Å². The first-order valence-corrected chi connectivity index (χ1v) is 9.58. The van der Waals surface area contributed by atoms with Crippen molar-refractivity contribution in [3.05, 3.63) is 68.9 Å². The lowest BCUT2D eigenvalue weighted by molar-refractivity contribution is -0.136. The van der Waals surface area contributed by atoms with Crippen LogP contribution in [0.25, 0.3) is 11.0 Å². The molecule has 1 aromatic carbocycles. The molecule has 0 saturated heterocycles. The Kier molecular flexibility index (Phi) is 4.95. The van der Waals surface area contributed by atoms with Crippen molar-refractivity contribution in [2.45, 2.75) is 12.6 Å². The van der Waals surface area contributed by atoms with Crippen LogP contribution in [-0.2, 0) is 12.6 Å². The van der Waals surface area contributed by atoms with Crippen molar-refractivity contribution in [2.75, 3.05) is 5.32 Å². The molecule has 4 rings (SSSR count). The third-order valence-corrected chi connectivity index (χ3v) is 5.66. The van der Waals surface area contributed by atoms with Crippen LogP contribution < -0.4 is 5.32 Å². The van der Waals surface area contributed by atoms with Gasteiger partial charge < -0.3 is 10.3 Å². The average molecular weight is 443 g/mol. The monoisotopic (exact) mass is 442 g/mol. The van der Waals surface area contributed by atoms with Crippen LogP contribution >= 0.6 is 34.5 Å². The topological polar surface area (TPSA) is 53.6 Å². The van der Waals surface area contributed by atoms with Gasteiger partial charge >= 0.3 is 6.18 Å². The summed E-state index contributed by atoms with van der Waals surface area (Å²) in [7, 11) is 0. The molecule has 3 aromatic heterocycles. The second-order valence-corrected chi connectivity index (χ2v) is 7.82. The lowest BCUT2D eigenvalue weighted by Crippen LogP contribution is -2.08. The molecule has 0 unspecified atom stereocenters. The summed E-state index contributed by atoms with van der Waals surface area (Å²) >= 11 is 13.4. The third-order valence-electron chi connectivity index (χ3n) is 4.06. The summed E-state index contributed by atoms with van der Waals surface area (Å²) in [6.07, 6.45) is -0.676. The minimum atomic E-state index is -4.47. The van der Waals surface area contributed by atoms with Crippen molar-refractivity contribution in [1.82, 2.24) is 15.0 Å². The van der Waals surface area contributed by atoms with Crippen molar-refractivity contribution < 1.29 is 13.2 Å². The fraction of sp³-hybridized carbons (Fsp3) is 0.111. The lowest BCUT2D eigenvalue weighted by Gasteiger charge is -2.12. The number of H-pyrrole nitrogens is 1. The van der Waals surface area contributed by atoms with Gasteiger partial charge in [-0.2, -0.15) is 13.2 Å². The number of benzene rings is 1. The molecule has 4 nitrogen and oxygen atoms in total. The Labute approximate surface area is 171 Å². The van der Waals surface area contributed by atoms with Crippen molar-refractivity contribution in [2.24, 2.45) is 0 Å². The summed E-state index contributed by atoms with van der Waals surface area (Å²) in [6, 6.07) is 7.02. The minimum Gasteiger partial charge on any atom is -0.346 e. The fourth-order valence-corrected chi connectivity index (χ4v) is 4.17. The summed E-state index contributed by atoms with van der Waals surface area (Å²) in [5.74, 6) is 0. The van der Waals surface area contributed by atoms with Crippen LogP contribution in [0.4, 0.5) is 24.0 Å². The van der Waals surface area contributed by atoms with Crippen LogP contribution in [0.5, 0.6) is 0 Å². The van der Waals surface area contributed by atoms with Crippen LogP contribution in [0.15, 0.2) is 42.7 Å². The predicted molar refractivity (Wildman–Crippen MR) is 106 cm³/mol. The largest absolute Gasteiger partial charge is 0.418 e. The maximum atomic E-state index is 13.2. The second-order valence-electron chi connectivity index (χ2n) is 5.94. The van der Waals surface area contributed by atoms with E-state index in [1.807, 2.05) is 0 Å². The first-order chi connectivity index (χ1) is 13.3. The molecule has 144 valence electrons. The van der Waals surface area contributed by atoms with Crippen LogP contribution in [-0.4, -0.2) is 15.0 Å². The molecule has 2 N–H and O–H groups in total. The first-order valence-electron chi connectivity index (χ1n) is 8.01. The number of aromatic amines is 1. The van der Waals surface area contributed by atoms with Crippen molar-refractivity contribution in [3.63, 3.8) is 0 Å². The molecule has 0 bridgehead atoms. The van der Waals surface area contributed by atoms with E-state index in [1.54, 1.807) is 18.5 Å². The molecule has 4 aromatic rings. The summed E-state index contributed by atoms with van der Waals surface area (Å²) in [5.41, 5.74) is 0.769. The molecular formula is C18H11Cl2F3N4S. The molecule has 0 amide bonds. The van der Waals surface area contributed by atoms with Crippen LogP contribution in [0.1, 0.15) is 16.0 Å². The van der Waals surface area contributed by atoms with Gasteiger partial charge in [0.05, 0.1) is 21.2 Å². The van der Waals surface area contributed by atoms with E-state index in [4.69, 9.17) is 23.2 Å². The summed E-state index contributed by atoms with van der Waals surface area (Å²) < 4.78 is 39.5. The number of hydrogen-bond donors (Lipinski definition) is 2. The van der Waals surface area contributed by atoms with Crippen LogP contribution in [0.2, 0.25) is 10.2 Å². The number of thiazole rings is 1. The maximum absolute atomic E-state index is 13.2. The highest BCUT2D eigenvalue weighted by molar-refractivity contribution is 7.16. The van der Waals surface area contributed by atoms with E-state index in [2.05, 4.69) is 20.3 Å². The van der Waals surface area contributed by atoms with Crippen molar-refractivity contribution in [3.8, 4) is 0 Å². The molecule has 0 fully saturated rings. The van der Waals surface area contributed by atoms with Gasteiger partial charge in [0.2, 0.25) is 0 Å². The van der Waals surface area contributed by atoms with Gasteiger partial charge in [0.25, 0.3) is 0 Å². The van der Waals surface area contributed by atoms with Gasteiger partial charge in [0, 0.05) is 24.2 Å². The molecule has 3 heterocycles. The number of hydrogen-bond acceptors (Lipinski definition) is 4. The Morgan fingerprint density at radius 2 is 1.96 bits per heavy atom. The maximum Gasteiger partial charge on any atom is 0.418 e. The van der Waals surface area contributed by atoms with E-state index in [9.17, 15) is 13.2 Å². The Morgan fingerprint density at radius 3 is 2.75 bits per heavy atom. The molecule has 0 aliphatic rings. The molecule has 0 atom stereocenters. The molecule has 0 aliphatic carbocycles. The predicted octanol–water partition coefficient (Wildman–Crippen LogP) is 6.68. The van der Waals surface area contributed by atoms with Gasteiger partial charge in [-0.1, -0.05) is 46.7 Å². The van der Waals surface area contributed by atoms with E-state index >= 15 is 0 Å². The van der Waals surface area contributed by atoms with Gasteiger partial charge in [0.15, 0.2) is 5.13 Å². The van der Waals surface area contributed by atoms with E-state index < -0.39 is 11.7 Å². The Morgan fingerprint density at radius 1 is 1.18 bits per heavy atom. The van der Waals surface area contributed by atoms with Crippen LogP contribution in [0, 0.1) is 0 Å². The average Bonchev–Trinajstić information content (AvgIpc) is 3.18. The highest BCUT2D eigenvalue weighted by Gasteiger charge is 2.33. The number of para-hydroxylation sites is 1. The van der Waals surface area contributed by atoms with Gasteiger partial charge in [0.1, 0.15) is 10.8 Å². The van der Waals surface area contributed by atoms with E-state index in [-0.39, 0.29) is 16.0 Å². The van der Waals surface area contributed by atoms with E-state index in [0.717, 1.165) is 21.9 Å². The number of aromatic nitrogens is 3. The lowest BCUT2D eigenvalue weighted by atomic mass is 10.1. The smallest absolute Gasteiger partial charge is 0.346 e. The fourth-order valence-electron chi connectivity index (χ4n) is 2.80. The molecule has 0 radical (unpaired) electrons. The molecule has 0 spiro atoms. The molecule has 28 heavy (non-hydrogen) atoms. The number of halogens is 5. The number of nitrogens with one attached hydrogen (secondary N) is 2. The zero-order chi connectivity index (χ0) is 19.9. The number of anilines is 2. The second kappa shape index (κ2) is 7.27. The van der Waals surface area contributed by atoms with Gasteiger partial charge in [-0.25, -0.2) is 9.97 Å². The molecule has 0 aliphatic heterocycles. The zero-order valence-electron chi connectivity index (χ0n) is 13.9. The molecule has 10 heteroatoms. The SMILES string of the molecule is FC(F)(F)c1ccccc1Nc1nc(Cl)c(Cc2c[nH]c3ncc(Cl)cc23)s1. The highest BCUT2D eigenvalue weighted by Crippen LogP contribution is 2.38. The van der Waals surface area contributed by atoms with E-state index in [1.165, 1.54) is 29.5 Å². The zero-order valence-corrected chi connectivity index (χ0v) is 16.3. The van der Waals surface area contributed by atoms with E-state index in [0.29, 0.717) is 17.1 Å². The quantitative estimate of drug-likeness (QED) is 0.370. The first kappa shape index (κ1) is 19.0. The van der Waals surface area contributed by atoms with Gasteiger partial charge in [-0.05, 0) is 23.8 Å². The molecular weight excluding hydrogens is 432 g/mol. The third kappa shape index (κ3) is 3.80. The number of pyridine rings is 1.